The molecule has 0 amide bonds. The number of nitrogens with two attached hydrogens (primary N) is 1. The maximum absolute atomic E-state index is 6.18. The smallest absolute Gasteiger partial charge is 0.0375 e. The van der Waals surface area contributed by atoms with Crippen LogP contribution in [-0.2, 0) is 12.8 Å². The second-order valence-electron chi connectivity index (χ2n) is 5.79. The average molecular weight is 278 g/mol. The van der Waals surface area contributed by atoms with E-state index in [0.29, 0.717) is 6.04 Å². The Bertz CT molecular complexity index is 421. The molecule has 106 valence electrons. The molecule has 0 aliphatic heterocycles. The number of nitrogens with zero attached hydrogens (tertiary/aromatic N) is 1. The molecule has 2 unspecified atom stereocenters. The number of hydrogen-bond donors (Lipinski definition) is 1. The molecule has 0 saturated carbocycles. The minimum Gasteiger partial charge on any atom is -0.329 e. The first kappa shape index (κ1) is 14.9. The monoisotopic (exact) mass is 278 g/mol. The highest BCUT2D eigenvalue weighted by Gasteiger charge is 2.38. The molecule has 1 aromatic carbocycles. The van der Waals surface area contributed by atoms with Crippen LogP contribution in [-0.4, -0.2) is 42.1 Å². The van der Waals surface area contributed by atoms with Crippen molar-refractivity contribution in [2.75, 3.05) is 25.6 Å². The van der Waals surface area contributed by atoms with Gasteiger partial charge in [-0.1, -0.05) is 24.3 Å². The molecule has 1 aliphatic carbocycles. The molecule has 1 aromatic rings. The second kappa shape index (κ2) is 6.29. The zero-order chi connectivity index (χ0) is 13.9. The van der Waals surface area contributed by atoms with Gasteiger partial charge < -0.3 is 5.73 Å². The average Bonchev–Trinajstić information content (AvgIpc) is 2.46. The van der Waals surface area contributed by atoms with E-state index in [1.165, 1.54) is 23.3 Å². The van der Waals surface area contributed by atoms with Gasteiger partial charge in [-0.2, -0.15) is 11.8 Å². The van der Waals surface area contributed by atoms with Crippen LogP contribution in [0.15, 0.2) is 24.3 Å². The van der Waals surface area contributed by atoms with Crippen LogP contribution in [0.1, 0.15) is 24.5 Å². The van der Waals surface area contributed by atoms with E-state index in [1.807, 2.05) is 11.8 Å². The number of rotatable bonds is 5. The Balaban J connectivity index is 2.21. The van der Waals surface area contributed by atoms with Crippen LogP contribution in [0.5, 0.6) is 0 Å². The molecule has 0 radical (unpaired) electrons. The third-order valence-electron chi connectivity index (χ3n) is 4.69. The first-order valence-electron chi connectivity index (χ1n) is 7.11. The third-order valence-corrected chi connectivity index (χ3v) is 5.51. The Morgan fingerprint density at radius 2 is 2.05 bits per heavy atom. The zero-order valence-corrected chi connectivity index (χ0v) is 13.2. The highest BCUT2D eigenvalue weighted by molar-refractivity contribution is 7.98. The summed E-state index contributed by atoms with van der Waals surface area (Å²) in [5.41, 5.74) is 9.32. The highest BCUT2D eigenvalue weighted by atomic mass is 32.2. The zero-order valence-electron chi connectivity index (χ0n) is 12.4. The molecule has 3 heteroatoms. The lowest BCUT2D eigenvalue weighted by Gasteiger charge is -2.47. The van der Waals surface area contributed by atoms with Crippen molar-refractivity contribution in [2.45, 2.75) is 37.8 Å². The van der Waals surface area contributed by atoms with Gasteiger partial charge in [0.1, 0.15) is 0 Å². The van der Waals surface area contributed by atoms with Gasteiger partial charge in [-0.05, 0) is 50.6 Å². The van der Waals surface area contributed by atoms with Crippen molar-refractivity contribution in [3.8, 4) is 0 Å². The number of hydrogen-bond acceptors (Lipinski definition) is 3. The number of fused-ring (bicyclic) bond motifs is 1. The molecule has 0 bridgehead atoms. The molecule has 0 heterocycles. The fraction of sp³-hybridized carbons (Fsp3) is 0.625. The molecule has 1 aliphatic rings. The summed E-state index contributed by atoms with van der Waals surface area (Å²) >= 11 is 1.91. The van der Waals surface area contributed by atoms with E-state index < -0.39 is 0 Å². The summed E-state index contributed by atoms with van der Waals surface area (Å²) in [6.07, 6.45) is 5.60. The van der Waals surface area contributed by atoms with E-state index in [-0.39, 0.29) is 5.54 Å². The summed E-state index contributed by atoms with van der Waals surface area (Å²) in [7, 11) is 2.25. The van der Waals surface area contributed by atoms with E-state index in [0.717, 1.165) is 19.4 Å². The van der Waals surface area contributed by atoms with Crippen molar-refractivity contribution < 1.29 is 0 Å². The highest BCUT2D eigenvalue weighted by Crippen LogP contribution is 2.33. The summed E-state index contributed by atoms with van der Waals surface area (Å²) in [5.74, 6) is 1.17. The Kier molecular flexibility index (Phi) is 4.93. The van der Waals surface area contributed by atoms with Crippen LogP contribution >= 0.6 is 11.8 Å². The molecule has 0 spiro atoms. The molecule has 19 heavy (non-hydrogen) atoms. The number of benzene rings is 1. The molecule has 2 atom stereocenters. The number of thioether (sulfide) groups is 1. The van der Waals surface area contributed by atoms with Gasteiger partial charge in [0.25, 0.3) is 0 Å². The second-order valence-corrected chi connectivity index (χ2v) is 6.70. The molecule has 0 fully saturated rings. The van der Waals surface area contributed by atoms with Crippen molar-refractivity contribution >= 4 is 11.8 Å². The fourth-order valence-corrected chi connectivity index (χ4v) is 3.93. The van der Waals surface area contributed by atoms with Crippen molar-refractivity contribution in [1.29, 1.82) is 0 Å². The molecule has 0 saturated heterocycles. The van der Waals surface area contributed by atoms with Crippen LogP contribution in [0.2, 0.25) is 0 Å². The predicted octanol–water partition coefficient (Wildman–Crippen LogP) is 2.56. The van der Waals surface area contributed by atoms with E-state index in [1.54, 1.807) is 0 Å². The van der Waals surface area contributed by atoms with E-state index in [2.05, 4.69) is 49.4 Å². The minimum atomic E-state index is 0.142. The van der Waals surface area contributed by atoms with Crippen LogP contribution in [0.4, 0.5) is 0 Å². The number of aryl methyl sites for hydroxylation is 1. The third kappa shape index (κ3) is 2.99. The summed E-state index contributed by atoms with van der Waals surface area (Å²) < 4.78 is 0. The van der Waals surface area contributed by atoms with Crippen molar-refractivity contribution in [3.63, 3.8) is 0 Å². The minimum absolute atomic E-state index is 0.142. The maximum Gasteiger partial charge on any atom is 0.0375 e. The molecule has 2 nitrogen and oxygen atoms in total. The first-order chi connectivity index (χ1) is 9.13. The Hall–Kier alpha value is -0.510. The fourth-order valence-electron chi connectivity index (χ4n) is 3.22. The van der Waals surface area contributed by atoms with Gasteiger partial charge in [0.15, 0.2) is 0 Å². The Morgan fingerprint density at radius 3 is 2.68 bits per heavy atom. The quantitative estimate of drug-likeness (QED) is 0.897. The summed E-state index contributed by atoms with van der Waals surface area (Å²) in [6.45, 7) is 3.06. The molecular weight excluding hydrogens is 252 g/mol. The first-order valence-corrected chi connectivity index (χ1v) is 8.51. The van der Waals surface area contributed by atoms with Crippen LogP contribution < -0.4 is 5.73 Å². The normalized spacial score (nSPS) is 24.3. The lowest BCUT2D eigenvalue weighted by Crippen LogP contribution is -2.58. The maximum atomic E-state index is 6.18. The largest absolute Gasteiger partial charge is 0.329 e. The van der Waals surface area contributed by atoms with Crippen LogP contribution in [0.3, 0.4) is 0 Å². The lowest BCUT2D eigenvalue weighted by molar-refractivity contribution is 0.0798. The Morgan fingerprint density at radius 1 is 1.37 bits per heavy atom. The van der Waals surface area contributed by atoms with E-state index in [4.69, 9.17) is 5.73 Å². The lowest BCUT2D eigenvalue weighted by atomic mass is 9.76. The van der Waals surface area contributed by atoms with Gasteiger partial charge in [-0.3, -0.25) is 4.90 Å². The van der Waals surface area contributed by atoms with Crippen molar-refractivity contribution in [1.82, 2.24) is 4.90 Å². The summed E-state index contributed by atoms with van der Waals surface area (Å²) in [4.78, 5) is 2.53. The van der Waals surface area contributed by atoms with Crippen molar-refractivity contribution in [2.24, 2.45) is 5.73 Å². The Labute approximate surface area is 121 Å². The van der Waals surface area contributed by atoms with Gasteiger partial charge in [0, 0.05) is 23.9 Å². The predicted molar refractivity (Wildman–Crippen MR) is 85.9 cm³/mol. The van der Waals surface area contributed by atoms with Gasteiger partial charge in [0.05, 0.1) is 0 Å². The van der Waals surface area contributed by atoms with Gasteiger partial charge in [0.2, 0.25) is 0 Å². The summed E-state index contributed by atoms with van der Waals surface area (Å²) in [5, 5.41) is 0. The van der Waals surface area contributed by atoms with Gasteiger partial charge in [-0.15, -0.1) is 0 Å². The van der Waals surface area contributed by atoms with Crippen LogP contribution in [0.25, 0.3) is 0 Å². The van der Waals surface area contributed by atoms with Crippen LogP contribution in [0, 0.1) is 0 Å². The molecule has 2 rings (SSSR count). The van der Waals surface area contributed by atoms with E-state index in [9.17, 15) is 0 Å². The number of likely N-dealkylation sites (N-methyl/N-ethyl adjacent to an activating group) is 1. The van der Waals surface area contributed by atoms with Crippen molar-refractivity contribution in [3.05, 3.63) is 35.4 Å². The standard InChI is InChI=1S/C16H26N2S/c1-13(11-19-3)18(2)16(12-17)9-8-14-6-4-5-7-15(14)10-16/h4-7,13H,8-12,17H2,1-3H3. The SMILES string of the molecule is CSCC(C)N(C)C1(CN)CCc2ccccc2C1. The van der Waals surface area contributed by atoms with Gasteiger partial charge in [-0.25, -0.2) is 0 Å². The molecule has 0 aromatic heterocycles. The summed E-state index contributed by atoms with van der Waals surface area (Å²) in [6, 6.07) is 9.40. The topological polar surface area (TPSA) is 29.3 Å². The van der Waals surface area contributed by atoms with E-state index >= 15 is 0 Å². The molecular formula is C16H26N2S. The van der Waals surface area contributed by atoms with Gasteiger partial charge >= 0.3 is 0 Å². The molecule has 2 N–H and O–H groups in total.